The summed E-state index contributed by atoms with van der Waals surface area (Å²) in [7, 11) is 0. The van der Waals surface area contributed by atoms with Crippen molar-refractivity contribution in [1.29, 1.82) is 0 Å². The number of aromatic nitrogens is 3. The van der Waals surface area contributed by atoms with E-state index >= 15 is 0 Å². The van der Waals surface area contributed by atoms with Crippen LogP contribution in [0.1, 0.15) is 51.6 Å². The van der Waals surface area contributed by atoms with Gasteiger partial charge in [-0.05, 0) is 58.4 Å². The number of nitrogens with one attached hydrogen (secondary N) is 1. The third kappa shape index (κ3) is 3.68. The Bertz CT molecular complexity index is 981. The van der Waals surface area contributed by atoms with E-state index in [1.165, 1.54) is 11.3 Å². The molecule has 7 nitrogen and oxygen atoms in total. The Hall–Kier alpha value is -2.26. The highest BCUT2D eigenvalue weighted by molar-refractivity contribution is 7.18. The van der Waals surface area contributed by atoms with Crippen molar-refractivity contribution in [1.82, 2.24) is 20.4 Å². The molecule has 0 unspecified atom stereocenters. The van der Waals surface area contributed by atoms with E-state index < -0.39 is 17.2 Å². The summed E-state index contributed by atoms with van der Waals surface area (Å²) in [5.74, 6) is 0.924. The number of rotatable bonds is 4. The molecular formula is C19H22N4O3S2. The van der Waals surface area contributed by atoms with Gasteiger partial charge in [-0.1, -0.05) is 5.16 Å². The highest BCUT2D eigenvalue weighted by Gasteiger charge is 2.45. The highest BCUT2D eigenvalue weighted by atomic mass is 32.1. The van der Waals surface area contributed by atoms with E-state index in [9.17, 15) is 4.79 Å². The monoisotopic (exact) mass is 418 g/mol. The molecule has 0 atom stereocenters. The van der Waals surface area contributed by atoms with E-state index in [-0.39, 0.29) is 0 Å². The number of hydrogen-bond acceptors (Lipinski definition) is 8. The van der Waals surface area contributed by atoms with Gasteiger partial charge in [0, 0.05) is 10.9 Å². The van der Waals surface area contributed by atoms with E-state index in [2.05, 4.69) is 25.8 Å². The SMILES string of the molecule is Cc1nc(-c2ccsc2)sc1-c1nc(C2(NC(=O)OC(C)(C)C)CCC2)no1. The molecular weight excluding hydrogens is 396 g/mol. The predicted octanol–water partition coefficient (Wildman–Crippen LogP) is 5.13. The lowest BCUT2D eigenvalue weighted by Crippen LogP contribution is -2.52. The maximum atomic E-state index is 12.3. The molecule has 3 aromatic heterocycles. The Balaban J connectivity index is 1.58. The topological polar surface area (TPSA) is 90.1 Å². The minimum Gasteiger partial charge on any atom is -0.444 e. The van der Waals surface area contributed by atoms with Crippen LogP contribution in [0.3, 0.4) is 0 Å². The summed E-state index contributed by atoms with van der Waals surface area (Å²) in [6.45, 7) is 7.45. The summed E-state index contributed by atoms with van der Waals surface area (Å²) < 4.78 is 10.9. The van der Waals surface area contributed by atoms with E-state index in [1.54, 1.807) is 11.3 Å². The molecule has 28 heavy (non-hydrogen) atoms. The summed E-state index contributed by atoms with van der Waals surface area (Å²) in [5.41, 5.74) is 0.754. The third-order valence-electron chi connectivity index (χ3n) is 4.56. The largest absolute Gasteiger partial charge is 0.444 e. The predicted molar refractivity (Wildman–Crippen MR) is 108 cm³/mol. The number of thiophene rings is 1. The lowest BCUT2D eigenvalue weighted by Gasteiger charge is -2.39. The molecule has 3 heterocycles. The normalized spacial score (nSPS) is 15.9. The zero-order valence-electron chi connectivity index (χ0n) is 16.2. The third-order valence-corrected chi connectivity index (χ3v) is 6.44. The number of aryl methyl sites for hydroxylation is 1. The van der Waals surface area contributed by atoms with Gasteiger partial charge in [0.15, 0.2) is 5.82 Å². The molecule has 3 aromatic rings. The van der Waals surface area contributed by atoms with Crippen LogP contribution in [0.5, 0.6) is 0 Å². The van der Waals surface area contributed by atoms with Gasteiger partial charge in [0.25, 0.3) is 5.89 Å². The zero-order chi connectivity index (χ0) is 19.9. The van der Waals surface area contributed by atoms with E-state index in [1.807, 2.05) is 39.1 Å². The summed E-state index contributed by atoms with van der Waals surface area (Å²) in [4.78, 5) is 22.4. The number of hydrogen-bond donors (Lipinski definition) is 1. The molecule has 1 fully saturated rings. The molecule has 1 aliphatic carbocycles. The summed E-state index contributed by atoms with van der Waals surface area (Å²) >= 11 is 3.16. The number of nitrogens with zero attached hydrogens (tertiary/aromatic N) is 3. The molecule has 4 rings (SSSR count). The number of thiazole rings is 1. The van der Waals surface area contributed by atoms with Gasteiger partial charge in [-0.15, -0.1) is 11.3 Å². The van der Waals surface area contributed by atoms with Crippen molar-refractivity contribution in [2.24, 2.45) is 0 Å². The minimum absolute atomic E-state index is 0.434. The molecule has 0 aliphatic heterocycles. The molecule has 0 bridgehead atoms. The molecule has 0 radical (unpaired) electrons. The van der Waals surface area contributed by atoms with Gasteiger partial charge in [0.2, 0.25) is 0 Å². The Morgan fingerprint density at radius 2 is 2.11 bits per heavy atom. The number of ether oxygens (including phenoxy) is 1. The first kappa shape index (κ1) is 19.1. The van der Waals surface area contributed by atoms with Crippen molar-refractivity contribution in [3.63, 3.8) is 0 Å². The molecule has 1 N–H and O–H groups in total. The van der Waals surface area contributed by atoms with Gasteiger partial charge >= 0.3 is 6.09 Å². The quantitative estimate of drug-likeness (QED) is 0.631. The first-order valence-corrected chi connectivity index (χ1v) is 10.9. The van der Waals surface area contributed by atoms with E-state index in [0.717, 1.165) is 40.4 Å². The minimum atomic E-state index is -0.626. The smallest absolute Gasteiger partial charge is 0.408 e. The number of alkyl carbamates (subject to hydrolysis) is 1. The summed E-state index contributed by atoms with van der Waals surface area (Å²) in [6, 6.07) is 2.04. The molecule has 1 saturated carbocycles. The van der Waals surface area contributed by atoms with Crippen LogP contribution in [0.15, 0.2) is 21.3 Å². The molecule has 0 aromatic carbocycles. The van der Waals surface area contributed by atoms with Crippen molar-refractivity contribution >= 4 is 28.8 Å². The molecule has 9 heteroatoms. The van der Waals surface area contributed by atoms with Crippen LogP contribution in [0.2, 0.25) is 0 Å². The average molecular weight is 419 g/mol. The summed E-state index contributed by atoms with van der Waals surface area (Å²) in [6.07, 6.45) is 2.04. The maximum Gasteiger partial charge on any atom is 0.408 e. The van der Waals surface area contributed by atoms with Gasteiger partial charge in [-0.3, -0.25) is 0 Å². The van der Waals surface area contributed by atoms with Crippen molar-refractivity contribution in [2.45, 2.75) is 58.1 Å². The van der Waals surface area contributed by atoms with Crippen molar-refractivity contribution in [3.05, 3.63) is 28.3 Å². The van der Waals surface area contributed by atoms with Gasteiger partial charge in [-0.25, -0.2) is 9.78 Å². The number of amides is 1. The number of carbonyl (C=O) groups excluding carboxylic acids is 1. The molecule has 1 aliphatic rings. The van der Waals surface area contributed by atoms with Crippen LogP contribution < -0.4 is 5.32 Å². The number of carbonyl (C=O) groups is 1. The van der Waals surface area contributed by atoms with Crippen molar-refractivity contribution in [3.8, 4) is 21.3 Å². The van der Waals surface area contributed by atoms with Crippen molar-refractivity contribution in [2.75, 3.05) is 0 Å². The Kier molecular flexibility index (Phi) is 4.75. The summed E-state index contributed by atoms with van der Waals surface area (Å²) in [5, 5.41) is 12.1. The first-order valence-electron chi connectivity index (χ1n) is 9.11. The molecule has 1 amide bonds. The fourth-order valence-corrected chi connectivity index (χ4v) is 4.75. The maximum absolute atomic E-state index is 12.3. The van der Waals surface area contributed by atoms with Crippen LogP contribution in [0.25, 0.3) is 21.3 Å². The van der Waals surface area contributed by atoms with Crippen LogP contribution in [0.4, 0.5) is 4.79 Å². The van der Waals surface area contributed by atoms with Crippen LogP contribution in [-0.4, -0.2) is 26.8 Å². The Morgan fingerprint density at radius 3 is 2.71 bits per heavy atom. The fraction of sp³-hybridized carbons (Fsp3) is 0.474. The van der Waals surface area contributed by atoms with Crippen LogP contribution in [-0.2, 0) is 10.3 Å². The average Bonchev–Trinajstić information content (AvgIpc) is 3.29. The second kappa shape index (κ2) is 6.97. The lowest BCUT2D eigenvalue weighted by atomic mass is 9.76. The van der Waals surface area contributed by atoms with E-state index in [0.29, 0.717) is 11.7 Å². The lowest BCUT2D eigenvalue weighted by molar-refractivity contribution is 0.0362. The van der Waals surface area contributed by atoms with Gasteiger partial charge in [0.1, 0.15) is 21.0 Å². The zero-order valence-corrected chi connectivity index (χ0v) is 17.9. The Labute approximate surface area is 171 Å². The molecule has 0 spiro atoms. The van der Waals surface area contributed by atoms with Crippen molar-refractivity contribution < 1.29 is 14.1 Å². The molecule has 148 valence electrons. The standard InChI is InChI=1S/C19H22N4O3S2/c1-11-13(28-15(20-11)12-6-9-27-10-12)14-21-16(23-26-14)19(7-5-8-19)22-17(24)25-18(2,3)4/h6,9-10H,5,7-8H2,1-4H3,(H,22,24). The molecule has 0 saturated heterocycles. The first-order chi connectivity index (χ1) is 13.3. The van der Waals surface area contributed by atoms with Gasteiger partial charge < -0.3 is 14.6 Å². The van der Waals surface area contributed by atoms with Gasteiger partial charge in [0.05, 0.1) is 5.69 Å². The van der Waals surface area contributed by atoms with E-state index in [4.69, 9.17) is 9.26 Å². The van der Waals surface area contributed by atoms with Gasteiger partial charge in [-0.2, -0.15) is 16.3 Å². The highest BCUT2D eigenvalue weighted by Crippen LogP contribution is 2.42. The van der Waals surface area contributed by atoms with Crippen LogP contribution >= 0.6 is 22.7 Å². The Morgan fingerprint density at radius 1 is 1.32 bits per heavy atom. The van der Waals surface area contributed by atoms with Crippen LogP contribution in [0, 0.1) is 6.92 Å². The second-order valence-corrected chi connectivity index (χ2v) is 9.71. The fourth-order valence-electron chi connectivity index (χ4n) is 3.05. The second-order valence-electron chi connectivity index (χ2n) is 7.93.